The van der Waals surface area contributed by atoms with E-state index in [0.29, 0.717) is 11.4 Å². The number of carboxylic acids is 1. The summed E-state index contributed by atoms with van der Waals surface area (Å²) in [5.74, 6) is -1.73. The number of hydrogen-bond acceptors (Lipinski definition) is 3. The van der Waals surface area contributed by atoms with Crippen LogP contribution in [0.25, 0.3) is 0 Å². The lowest BCUT2D eigenvalue weighted by atomic mass is 10.1. The summed E-state index contributed by atoms with van der Waals surface area (Å²) >= 11 is 5.65. The molecule has 0 saturated heterocycles. The van der Waals surface area contributed by atoms with E-state index < -0.39 is 17.9 Å². The number of rotatable bonds is 5. The highest BCUT2D eigenvalue weighted by Gasteiger charge is 2.17. The van der Waals surface area contributed by atoms with Gasteiger partial charge in [0.1, 0.15) is 5.75 Å². The SMILES string of the molecule is CCC(CC(=O)O)NC(=O)c1ccc(Cl)cc1O. The molecule has 0 radical (unpaired) electrons. The highest BCUT2D eigenvalue weighted by Crippen LogP contribution is 2.21. The minimum Gasteiger partial charge on any atom is -0.507 e. The Kier molecular flexibility index (Phi) is 4.97. The van der Waals surface area contributed by atoms with Gasteiger partial charge in [-0.05, 0) is 24.6 Å². The summed E-state index contributed by atoms with van der Waals surface area (Å²) in [6, 6.07) is 3.66. The molecule has 0 bridgehead atoms. The van der Waals surface area contributed by atoms with Crippen LogP contribution < -0.4 is 5.32 Å². The second-order valence-electron chi connectivity index (χ2n) is 3.84. The molecule has 1 aromatic rings. The third-order valence-corrected chi connectivity index (χ3v) is 2.69. The van der Waals surface area contributed by atoms with E-state index in [2.05, 4.69) is 5.32 Å². The molecule has 18 heavy (non-hydrogen) atoms. The van der Waals surface area contributed by atoms with Gasteiger partial charge in [0.05, 0.1) is 12.0 Å². The first kappa shape index (κ1) is 14.3. The number of carbonyl (C=O) groups excluding carboxylic acids is 1. The van der Waals surface area contributed by atoms with E-state index in [-0.39, 0.29) is 17.7 Å². The lowest BCUT2D eigenvalue weighted by Gasteiger charge is -2.15. The Bertz CT molecular complexity index is 461. The predicted molar refractivity (Wildman–Crippen MR) is 66.9 cm³/mol. The molecule has 0 heterocycles. The largest absolute Gasteiger partial charge is 0.507 e. The number of phenols is 1. The van der Waals surface area contributed by atoms with E-state index in [4.69, 9.17) is 16.7 Å². The molecule has 1 atom stereocenters. The van der Waals surface area contributed by atoms with E-state index in [9.17, 15) is 14.7 Å². The van der Waals surface area contributed by atoms with Crippen LogP contribution in [-0.2, 0) is 4.79 Å². The fourth-order valence-electron chi connectivity index (χ4n) is 1.47. The summed E-state index contributed by atoms with van der Waals surface area (Å²) in [6.07, 6.45) is 0.336. The summed E-state index contributed by atoms with van der Waals surface area (Å²) in [6.45, 7) is 1.77. The Morgan fingerprint density at radius 3 is 2.61 bits per heavy atom. The first-order valence-electron chi connectivity index (χ1n) is 5.45. The molecule has 0 aromatic heterocycles. The van der Waals surface area contributed by atoms with Gasteiger partial charge in [0.2, 0.25) is 0 Å². The van der Waals surface area contributed by atoms with E-state index in [1.54, 1.807) is 6.92 Å². The number of aromatic hydroxyl groups is 1. The molecule has 3 N–H and O–H groups in total. The third kappa shape index (κ3) is 3.92. The Hall–Kier alpha value is -1.75. The van der Waals surface area contributed by atoms with Crippen LogP contribution in [0.3, 0.4) is 0 Å². The topological polar surface area (TPSA) is 86.6 Å². The average Bonchev–Trinajstić information content (AvgIpc) is 2.27. The predicted octanol–water partition coefficient (Wildman–Crippen LogP) is 2.03. The maximum absolute atomic E-state index is 11.8. The van der Waals surface area contributed by atoms with Crippen molar-refractivity contribution >= 4 is 23.5 Å². The van der Waals surface area contributed by atoms with E-state index >= 15 is 0 Å². The quantitative estimate of drug-likeness (QED) is 0.765. The normalized spacial score (nSPS) is 11.9. The van der Waals surface area contributed by atoms with Crippen molar-refractivity contribution in [2.24, 2.45) is 0 Å². The summed E-state index contributed by atoms with van der Waals surface area (Å²) < 4.78 is 0. The van der Waals surface area contributed by atoms with Gasteiger partial charge in [-0.3, -0.25) is 9.59 Å². The van der Waals surface area contributed by atoms with E-state index in [1.165, 1.54) is 18.2 Å². The van der Waals surface area contributed by atoms with Crippen molar-refractivity contribution in [2.75, 3.05) is 0 Å². The Morgan fingerprint density at radius 2 is 2.11 bits per heavy atom. The van der Waals surface area contributed by atoms with Crippen molar-refractivity contribution in [3.05, 3.63) is 28.8 Å². The molecule has 1 aromatic carbocycles. The number of aliphatic carboxylic acids is 1. The average molecular weight is 272 g/mol. The monoisotopic (exact) mass is 271 g/mol. The van der Waals surface area contributed by atoms with E-state index in [0.717, 1.165) is 0 Å². The van der Waals surface area contributed by atoms with Gasteiger partial charge in [-0.1, -0.05) is 18.5 Å². The molecule has 98 valence electrons. The smallest absolute Gasteiger partial charge is 0.305 e. The maximum Gasteiger partial charge on any atom is 0.305 e. The minimum absolute atomic E-state index is 0.0724. The fraction of sp³-hybridized carbons (Fsp3) is 0.333. The Labute approximate surface area is 109 Å². The third-order valence-electron chi connectivity index (χ3n) is 2.45. The van der Waals surface area contributed by atoms with Gasteiger partial charge >= 0.3 is 5.97 Å². The van der Waals surface area contributed by atoms with Crippen LogP contribution in [0.1, 0.15) is 30.1 Å². The Balaban J connectivity index is 2.77. The van der Waals surface area contributed by atoms with Crippen LogP contribution in [0.2, 0.25) is 5.02 Å². The second-order valence-corrected chi connectivity index (χ2v) is 4.27. The van der Waals surface area contributed by atoms with Gasteiger partial charge in [-0.25, -0.2) is 0 Å². The van der Waals surface area contributed by atoms with Crippen molar-refractivity contribution in [3.8, 4) is 5.75 Å². The van der Waals surface area contributed by atoms with Gasteiger partial charge in [0, 0.05) is 11.1 Å². The van der Waals surface area contributed by atoms with Gasteiger partial charge in [-0.2, -0.15) is 0 Å². The molecular formula is C12H14ClNO4. The molecule has 0 aliphatic carbocycles. The summed E-state index contributed by atoms with van der Waals surface area (Å²) in [5, 5.41) is 21.1. The molecule has 6 heteroatoms. The van der Waals surface area contributed by atoms with Crippen molar-refractivity contribution in [1.82, 2.24) is 5.32 Å². The van der Waals surface area contributed by atoms with Crippen LogP contribution in [0.15, 0.2) is 18.2 Å². The zero-order valence-electron chi connectivity index (χ0n) is 9.81. The molecule has 0 spiro atoms. The molecule has 1 unspecified atom stereocenters. The van der Waals surface area contributed by atoms with Crippen molar-refractivity contribution < 1.29 is 19.8 Å². The summed E-state index contributed by atoms with van der Waals surface area (Å²) in [4.78, 5) is 22.4. The lowest BCUT2D eigenvalue weighted by molar-refractivity contribution is -0.137. The van der Waals surface area contributed by atoms with Crippen LogP contribution >= 0.6 is 11.6 Å². The number of benzene rings is 1. The minimum atomic E-state index is -0.984. The lowest BCUT2D eigenvalue weighted by Crippen LogP contribution is -2.36. The second kappa shape index (κ2) is 6.26. The molecule has 5 nitrogen and oxygen atoms in total. The fourth-order valence-corrected chi connectivity index (χ4v) is 1.63. The molecule has 0 aliphatic rings. The number of hydrogen-bond donors (Lipinski definition) is 3. The standard InChI is InChI=1S/C12H14ClNO4/c1-2-8(6-11(16)17)14-12(18)9-4-3-7(13)5-10(9)15/h3-5,8,15H,2,6H2,1H3,(H,14,18)(H,16,17). The van der Waals surface area contributed by atoms with Gasteiger partial charge in [-0.15, -0.1) is 0 Å². The van der Waals surface area contributed by atoms with Gasteiger partial charge < -0.3 is 15.5 Å². The number of halogens is 1. The molecule has 0 aliphatic heterocycles. The molecule has 0 fully saturated rings. The number of carboxylic acid groups (broad SMARTS) is 1. The number of carbonyl (C=O) groups is 2. The summed E-state index contributed by atoms with van der Waals surface area (Å²) in [5.41, 5.74) is 0.0724. The molecule has 1 amide bonds. The van der Waals surface area contributed by atoms with Crippen LogP contribution in [0.5, 0.6) is 5.75 Å². The van der Waals surface area contributed by atoms with E-state index in [1.807, 2.05) is 0 Å². The number of amides is 1. The van der Waals surface area contributed by atoms with Crippen molar-refractivity contribution in [2.45, 2.75) is 25.8 Å². The first-order chi connectivity index (χ1) is 8.43. The van der Waals surface area contributed by atoms with Crippen molar-refractivity contribution in [3.63, 3.8) is 0 Å². The zero-order chi connectivity index (χ0) is 13.7. The van der Waals surface area contributed by atoms with Crippen LogP contribution in [0, 0.1) is 0 Å². The molecule has 1 rings (SSSR count). The molecule has 0 saturated carbocycles. The van der Waals surface area contributed by atoms with Gasteiger partial charge in [0.15, 0.2) is 0 Å². The van der Waals surface area contributed by atoms with Crippen LogP contribution in [-0.4, -0.2) is 28.1 Å². The maximum atomic E-state index is 11.8. The highest BCUT2D eigenvalue weighted by atomic mass is 35.5. The number of nitrogens with one attached hydrogen (secondary N) is 1. The van der Waals surface area contributed by atoms with Crippen LogP contribution in [0.4, 0.5) is 0 Å². The Morgan fingerprint density at radius 1 is 1.44 bits per heavy atom. The highest BCUT2D eigenvalue weighted by molar-refractivity contribution is 6.30. The summed E-state index contributed by atoms with van der Waals surface area (Å²) in [7, 11) is 0. The zero-order valence-corrected chi connectivity index (χ0v) is 10.6. The number of phenolic OH excluding ortho intramolecular Hbond substituents is 1. The van der Waals surface area contributed by atoms with Crippen molar-refractivity contribution in [1.29, 1.82) is 0 Å². The first-order valence-corrected chi connectivity index (χ1v) is 5.83. The van der Waals surface area contributed by atoms with Gasteiger partial charge in [0.25, 0.3) is 5.91 Å². The molecular weight excluding hydrogens is 258 g/mol.